The van der Waals surface area contributed by atoms with Gasteiger partial charge in [-0.25, -0.2) is 0 Å². The molecule has 0 bridgehead atoms. The summed E-state index contributed by atoms with van der Waals surface area (Å²) in [5.74, 6) is 0. The van der Waals surface area contributed by atoms with E-state index in [0.717, 1.165) is 47.2 Å². The first-order valence-electron chi connectivity index (χ1n) is 9.48. The van der Waals surface area contributed by atoms with Crippen LogP contribution in [0.25, 0.3) is 10.9 Å². The van der Waals surface area contributed by atoms with Crippen LogP contribution < -0.4 is 15.8 Å². The molecule has 0 saturated carbocycles. The third-order valence-electron chi connectivity index (χ3n) is 5.19. The first-order valence-corrected chi connectivity index (χ1v) is 9.48. The first-order chi connectivity index (χ1) is 13.1. The Bertz CT molecular complexity index is 995. The van der Waals surface area contributed by atoms with Gasteiger partial charge in [-0.3, -0.25) is 4.79 Å². The zero-order valence-corrected chi connectivity index (χ0v) is 15.5. The van der Waals surface area contributed by atoms with E-state index in [0.29, 0.717) is 13.1 Å². The van der Waals surface area contributed by atoms with Gasteiger partial charge in [0.05, 0.1) is 6.10 Å². The van der Waals surface area contributed by atoms with Gasteiger partial charge in [0.15, 0.2) is 0 Å². The topological polar surface area (TPSA) is 68.4 Å². The number of aliphatic hydroxyl groups excluding tert-OH is 1. The van der Waals surface area contributed by atoms with Crippen molar-refractivity contribution in [2.24, 2.45) is 0 Å². The number of rotatable bonds is 4. The minimum absolute atomic E-state index is 0.0576. The molecule has 0 aliphatic carbocycles. The Balaban J connectivity index is 1.46. The third kappa shape index (κ3) is 3.98. The van der Waals surface area contributed by atoms with Crippen LogP contribution >= 0.6 is 0 Å². The number of benzene rings is 2. The number of nitrogens with one attached hydrogen (secondary N) is 2. The van der Waals surface area contributed by atoms with Crippen molar-refractivity contribution in [2.75, 3.05) is 23.3 Å². The van der Waals surface area contributed by atoms with Crippen molar-refractivity contribution in [3.05, 3.63) is 70.0 Å². The molecule has 140 valence electrons. The Morgan fingerprint density at radius 3 is 2.78 bits per heavy atom. The van der Waals surface area contributed by atoms with E-state index in [9.17, 15) is 9.90 Å². The van der Waals surface area contributed by atoms with Crippen molar-refractivity contribution in [3.63, 3.8) is 0 Å². The number of aromatic nitrogens is 1. The van der Waals surface area contributed by atoms with Gasteiger partial charge < -0.3 is 20.3 Å². The largest absolute Gasteiger partial charge is 0.391 e. The number of aliphatic hydroxyl groups is 1. The fraction of sp³-hybridized carbons (Fsp3) is 0.318. The monoisotopic (exact) mass is 363 g/mol. The van der Waals surface area contributed by atoms with Crippen molar-refractivity contribution in [3.8, 4) is 0 Å². The Morgan fingerprint density at radius 2 is 2.00 bits per heavy atom. The lowest BCUT2D eigenvalue weighted by Gasteiger charge is -2.32. The molecular weight excluding hydrogens is 338 g/mol. The van der Waals surface area contributed by atoms with Crippen LogP contribution in [-0.2, 0) is 6.54 Å². The zero-order valence-electron chi connectivity index (χ0n) is 15.5. The summed E-state index contributed by atoms with van der Waals surface area (Å²) in [4.78, 5) is 17.5. The van der Waals surface area contributed by atoms with Crippen LogP contribution in [0.4, 0.5) is 11.4 Å². The predicted octanol–water partition coefficient (Wildman–Crippen LogP) is 3.41. The molecule has 3 aromatic rings. The van der Waals surface area contributed by atoms with Crippen LogP contribution in [0.5, 0.6) is 0 Å². The van der Waals surface area contributed by atoms with Crippen LogP contribution in [-0.4, -0.2) is 29.3 Å². The summed E-state index contributed by atoms with van der Waals surface area (Å²) in [7, 11) is 0. The number of hydrogen-bond donors (Lipinski definition) is 3. The number of hydrogen-bond acceptors (Lipinski definition) is 4. The average Bonchev–Trinajstić information content (AvgIpc) is 2.67. The van der Waals surface area contributed by atoms with Gasteiger partial charge in [0, 0.05) is 42.1 Å². The van der Waals surface area contributed by atoms with Crippen LogP contribution in [0.15, 0.2) is 53.3 Å². The summed E-state index contributed by atoms with van der Waals surface area (Å²) in [6.07, 6.45) is 1.67. The Kier molecular flexibility index (Phi) is 4.86. The van der Waals surface area contributed by atoms with Crippen LogP contribution in [0.3, 0.4) is 0 Å². The lowest BCUT2D eigenvalue weighted by Crippen LogP contribution is -2.38. The standard InChI is InChI=1S/C22H25N3O2/c1-15-4-9-21-16(11-15)12-17(22(27)24-21)13-23-18-5-7-19(8-6-18)25-10-2-3-20(26)14-25/h4-9,11-12,20,23,26H,2-3,10,13-14H2,1H3,(H,24,27)/t20-/m1/s1. The smallest absolute Gasteiger partial charge is 0.253 e. The number of fused-ring (bicyclic) bond motifs is 1. The highest BCUT2D eigenvalue weighted by atomic mass is 16.3. The maximum Gasteiger partial charge on any atom is 0.253 e. The number of anilines is 2. The molecule has 2 heterocycles. The Hall–Kier alpha value is -2.79. The van der Waals surface area contributed by atoms with Gasteiger partial charge in [-0.05, 0) is 67.6 Å². The van der Waals surface area contributed by atoms with E-state index in [1.807, 2.05) is 37.3 Å². The number of β-amino-alcohol motifs (C(OH)–C–C–N with tert-alkyl or cyclic N) is 1. The first kappa shape index (κ1) is 17.6. The molecule has 1 atom stereocenters. The summed E-state index contributed by atoms with van der Waals surface area (Å²) in [5.41, 5.74) is 4.79. The minimum atomic E-state index is -0.236. The highest BCUT2D eigenvalue weighted by Gasteiger charge is 2.17. The fourth-order valence-corrected chi connectivity index (χ4v) is 3.68. The molecule has 2 aromatic carbocycles. The predicted molar refractivity (Wildman–Crippen MR) is 111 cm³/mol. The lowest BCUT2D eigenvalue weighted by atomic mass is 10.1. The van der Waals surface area contributed by atoms with Crippen molar-refractivity contribution in [2.45, 2.75) is 32.4 Å². The summed E-state index contributed by atoms with van der Waals surface area (Å²) >= 11 is 0. The molecular formula is C22H25N3O2. The molecule has 0 unspecified atom stereocenters. The van der Waals surface area contributed by atoms with E-state index in [2.05, 4.69) is 33.4 Å². The second-order valence-corrected chi connectivity index (χ2v) is 7.36. The highest BCUT2D eigenvalue weighted by Crippen LogP contribution is 2.22. The average molecular weight is 363 g/mol. The van der Waals surface area contributed by atoms with Crippen molar-refractivity contribution >= 4 is 22.3 Å². The number of nitrogens with zero attached hydrogens (tertiary/aromatic N) is 1. The lowest BCUT2D eigenvalue weighted by molar-refractivity contribution is 0.154. The minimum Gasteiger partial charge on any atom is -0.391 e. The summed E-state index contributed by atoms with van der Waals surface area (Å²) in [6, 6.07) is 16.2. The van der Waals surface area contributed by atoms with Crippen LogP contribution in [0.1, 0.15) is 24.0 Å². The quantitative estimate of drug-likeness (QED) is 0.664. The van der Waals surface area contributed by atoms with Crippen molar-refractivity contribution in [1.29, 1.82) is 0 Å². The number of piperidine rings is 1. The molecule has 1 fully saturated rings. The molecule has 0 radical (unpaired) electrons. The second kappa shape index (κ2) is 7.45. The SMILES string of the molecule is Cc1ccc2[nH]c(=O)c(CNc3ccc(N4CCC[C@@H](O)C4)cc3)cc2c1. The van der Waals surface area contributed by atoms with Crippen molar-refractivity contribution < 1.29 is 5.11 Å². The summed E-state index contributed by atoms with van der Waals surface area (Å²) < 4.78 is 0. The molecule has 1 aromatic heterocycles. The number of aromatic amines is 1. The number of aryl methyl sites for hydroxylation is 1. The van der Waals surface area contributed by atoms with Gasteiger partial charge in [-0.2, -0.15) is 0 Å². The van der Waals surface area contributed by atoms with E-state index in [-0.39, 0.29) is 11.7 Å². The number of pyridine rings is 1. The maximum absolute atomic E-state index is 12.3. The van der Waals surface area contributed by atoms with Gasteiger partial charge >= 0.3 is 0 Å². The zero-order chi connectivity index (χ0) is 18.8. The molecule has 1 saturated heterocycles. The van der Waals surface area contributed by atoms with E-state index in [1.165, 1.54) is 5.56 Å². The van der Waals surface area contributed by atoms with Gasteiger partial charge in [0.2, 0.25) is 0 Å². The van der Waals surface area contributed by atoms with Gasteiger partial charge in [-0.1, -0.05) is 11.6 Å². The van der Waals surface area contributed by atoms with Gasteiger partial charge in [0.1, 0.15) is 0 Å². The molecule has 0 amide bonds. The van der Waals surface area contributed by atoms with E-state index >= 15 is 0 Å². The molecule has 5 nitrogen and oxygen atoms in total. The summed E-state index contributed by atoms with van der Waals surface area (Å²) in [5, 5.41) is 14.2. The second-order valence-electron chi connectivity index (χ2n) is 7.36. The molecule has 3 N–H and O–H groups in total. The normalized spacial score (nSPS) is 17.3. The number of H-pyrrole nitrogens is 1. The van der Waals surface area contributed by atoms with E-state index < -0.39 is 0 Å². The third-order valence-corrected chi connectivity index (χ3v) is 5.19. The van der Waals surface area contributed by atoms with Gasteiger partial charge in [-0.15, -0.1) is 0 Å². The highest BCUT2D eigenvalue weighted by molar-refractivity contribution is 5.79. The van der Waals surface area contributed by atoms with Crippen LogP contribution in [0.2, 0.25) is 0 Å². The fourth-order valence-electron chi connectivity index (χ4n) is 3.68. The maximum atomic E-state index is 12.3. The van der Waals surface area contributed by atoms with Crippen molar-refractivity contribution in [1.82, 2.24) is 4.98 Å². The van der Waals surface area contributed by atoms with Crippen LogP contribution in [0, 0.1) is 6.92 Å². The summed E-state index contributed by atoms with van der Waals surface area (Å²) in [6.45, 7) is 4.20. The molecule has 0 spiro atoms. The molecule has 4 rings (SSSR count). The van der Waals surface area contributed by atoms with E-state index in [4.69, 9.17) is 0 Å². The molecule has 5 heteroatoms. The molecule has 1 aliphatic rings. The molecule has 1 aliphatic heterocycles. The Labute approximate surface area is 158 Å². The Morgan fingerprint density at radius 1 is 1.19 bits per heavy atom. The molecule has 27 heavy (non-hydrogen) atoms. The van der Waals surface area contributed by atoms with Gasteiger partial charge in [0.25, 0.3) is 5.56 Å². The van der Waals surface area contributed by atoms with E-state index in [1.54, 1.807) is 0 Å².